The summed E-state index contributed by atoms with van der Waals surface area (Å²) < 4.78 is 0. The molecule has 148 valence electrons. The lowest BCUT2D eigenvalue weighted by atomic mass is 9.74. The Morgan fingerprint density at radius 3 is 1.20 bits per heavy atom. The van der Waals surface area contributed by atoms with Crippen molar-refractivity contribution < 1.29 is 19.8 Å². The molecule has 25 heavy (non-hydrogen) atoms. The van der Waals surface area contributed by atoms with Crippen LogP contribution >= 0.6 is 0 Å². The zero-order valence-corrected chi connectivity index (χ0v) is 15.7. The molecule has 6 heteroatoms. The van der Waals surface area contributed by atoms with Gasteiger partial charge in [0.15, 0.2) is 5.41 Å². The zero-order chi connectivity index (χ0) is 19.0. The van der Waals surface area contributed by atoms with Crippen LogP contribution in [0.4, 0.5) is 0 Å². The quantitative estimate of drug-likeness (QED) is 0.312. The minimum absolute atomic E-state index is 0.275. The summed E-state index contributed by atoms with van der Waals surface area (Å²) in [4.78, 5) is 21.5. The van der Waals surface area contributed by atoms with Gasteiger partial charge in [0.2, 0.25) is 0 Å². The van der Waals surface area contributed by atoms with Crippen molar-refractivity contribution in [3.63, 3.8) is 0 Å². The van der Waals surface area contributed by atoms with Crippen molar-refractivity contribution in [2.75, 3.05) is 13.1 Å². The van der Waals surface area contributed by atoms with E-state index in [1.54, 1.807) is 0 Å². The van der Waals surface area contributed by atoms with Gasteiger partial charge in [-0.25, -0.2) is 0 Å². The molecule has 1 saturated carbocycles. The molecular weight excluding hydrogens is 320 g/mol. The molecule has 0 bridgehead atoms. The summed E-state index contributed by atoms with van der Waals surface area (Å²) in [5.41, 5.74) is 9.34. The fourth-order valence-corrected chi connectivity index (χ4v) is 3.20. The molecule has 0 atom stereocenters. The summed E-state index contributed by atoms with van der Waals surface area (Å²) in [6.07, 6.45) is 14.9. The monoisotopic (exact) mass is 358 g/mol. The Morgan fingerprint density at radius 2 is 0.960 bits per heavy atom. The summed E-state index contributed by atoms with van der Waals surface area (Å²) in [5, 5.41) is 17.6. The number of aliphatic carboxylic acids is 2. The second-order valence-electron chi connectivity index (χ2n) is 7.01. The minimum Gasteiger partial charge on any atom is -0.480 e. The number of unbranched alkanes of at least 4 members (excludes halogenated alkanes) is 8. The number of rotatable bonds is 12. The van der Waals surface area contributed by atoms with Crippen molar-refractivity contribution in [3.05, 3.63) is 0 Å². The average molecular weight is 359 g/mol. The van der Waals surface area contributed by atoms with E-state index in [1.807, 2.05) is 0 Å². The van der Waals surface area contributed by atoms with Crippen molar-refractivity contribution in [1.29, 1.82) is 0 Å². The molecule has 0 heterocycles. The fourth-order valence-electron chi connectivity index (χ4n) is 3.20. The zero-order valence-electron chi connectivity index (χ0n) is 15.7. The lowest BCUT2D eigenvalue weighted by molar-refractivity contribution is -0.167. The Kier molecular flexibility index (Phi) is 14.5. The van der Waals surface area contributed by atoms with E-state index in [1.165, 1.54) is 57.8 Å². The third-order valence-electron chi connectivity index (χ3n) is 4.93. The van der Waals surface area contributed by atoms with Gasteiger partial charge in [-0.1, -0.05) is 64.2 Å². The molecule has 0 saturated heterocycles. The van der Waals surface area contributed by atoms with Crippen LogP contribution in [0.5, 0.6) is 0 Å². The van der Waals surface area contributed by atoms with E-state index in [-0.39, 0.29) is 12.8 Å². The van der Waals surface area contributed by atoms with E-state index in [0.29, 0.717) is 12.8 Å². The maximum Gasteiger partial charge on any atom is 0.321 e. The maximum atomic E-state index is 10.7. The highest BCUT2D eigenvalue weighted by molar-refractivity contribution is 5.98. The van der Waals surface area contributed by atoms with Gasteiger partial charge in [0, 0.05) is 0 Å². The van der Waals surface area contributed by atoms with Gasteiger partial charge in [0.05, 0.1) is 0 Å². The molecule has 6 N–H and O–H groups in total. The first-order valence-corrected chi connectivity index (χ1v) is 9.88. The fraction of sp³-hybridized carbons (Fsp3) is 0.895. The van der Waals surface area contributed by atoms with Crippen molar-refractivity contribution in [2.45, 2.75) is 89.9 Å². The minimum atomic E-state index is -1.49. The van der Waals surface area contributed by atoms with Crippen molar-refractivity contribution >= 4 is 11.9 Å². The van der Waals surface area contributed by atoms with Crippen LogP contribution in [0, 0.1) is 5.41 Å². The van der Waals surface area contributed by atoms with E-state index in [2.05, 4.69) is 0 Å². The Labute approximate surface area is 152 Å². The second kappa shape index (κ2) is 15.1. The standard InChI is InChI=1S/C11H26N2.C8H12O4/c12-10-8-6-4-2-1-3-5-7-9-11-13;9-6(10)8(7(11)12)4-2-1-3-5-8/h1-13H2;1-5H2,(H,9,10)(H,11,12). The smallest absolute Gasteiger partial charge is 0.321 e. The SMILES string of the molecule is NCCCCCCCCCCCN.O=C(O)C1(C(=O)O)CCCCC1. The molecule has 1 fully saturated rings. The first kappa shape index (κ1) is 23.9. The molecule has 1 aliphatic carbocycles. The number of hydrogen-bond acceptors (Lipinski definition) is 4. The topological polar surface area (TPSA) is 127 Å². The highest BCUT2D eigenvalue weighted by atomic mass is 16.4. The van der Waals surface area contributed by atoms with E-state index >= 15 is 0 Å². The largest absolute Gasteiger partial charge is 0.480 e. The van der Waals surface area contributed by atoms with Gasteiger partial charge < -0.3 is 21.7 Å². The van der Waals surface area contributed by atoms with Gasteiger partial charge in [0.25, 0.3) is 0 Å². The molecule has 0 unspecified atom stereocenters. The molecular formula is C19H38N2O4. The molecule has 0 aromatic rings. The van der Waals surface area contributed by atoms with Crippen LogP contribution in [0.1, 0.15) is 89.9 Å². The highest BCUT2D eigenvalue weighted by Gasteiger charge is 2.46. The molecule has 0 spiro atoms. The van der Waals surface area contributed by atoms with Crippen LogP contribution in [0.3, 0.4) is 0 Å². The summed E-state index contributed by atoms with van der Waals surface area (Å²) >= 11 is 0. The van der Waals surface area contributed by atoms with Crippen LogP contribution in [-0.4, -0.2) is 35.2 Å². The van der Waals surface area contributed by atoms with Crippen LogP contribution < -0.4 is 11.5 Å². The summed E-state index contributed by atoms with van der Waals surface area (Å²) in [6.45, 7) is 1.72. The summed E-state index contributed by atoms with van der Waals surface area (Å²) in [6, 6.07) is 0. The number of nitrogens with two attached hydrogens (primary N) is 2. The van der Waals surface area contributed by atoms with Gasteiger partial charge in [-0.05, 0) is 38.8 Å². The number of carboxylic acid groups (broad SMARTS) is 2. The summed E-state index contributed by atoms with van der Waals surface area (Å²) in [5.74, 6) is -2.37. The van der Waals surface area contributed by atoms with Gasteiger partial charge in [-0.2, -0.15) is 0 Å². The molecule has 0 aliphatic heterocycles. The Balaban J connectivity index is 0.000000462. The average Bonchev–Trinajstić information content (AvgIpc) is 2.61. The van der Waals surface area contributed by atoms with Crippen LogP contribution in [-0.2, 0) is 9.59 Å². The molecule has 1 rings (SSSR count). The van der Waals surface area contributed by atoms with Gasteiger partial charge >= 0.3 is 11.9 Å². The Morgan fingerprint density at radius 1 is 0.640 bits per heavy atom. The number of carbonyl (C=O) groups is 2. The normalized spacial score (nSPS) is 15.9. The van der Waals surface area contributed by atoms with Crippen molar-refractivity contribution in [3.8, 4) is 0 Å². The van der Waals surface area contributed by atoms with E-state index < -0.39 is 17.4 Å². The van der Waals surface area contributed by atoms with Crippen LogP contribution in [0.2, 0.25) is 0 Å². The summed E-state index contributed by atoms with van der Waals surface area (Å²) in [7, 11) is 0. The lowest BCUT2D eigenvalue weighted by Crippen LogP contribution is -2.40. The third kappa shape index (κ3) is 10.4. The van der Waals surface area contributed by atoms with E-state index in [4.69, 9.17) is 21.7 Å². The molecule has 0 amide bonds. The molecule has 0 aromatic heterocycles. The van der Waals surface area contributed by atoms with Gasteiger partial charge in [-0.15, -0.1) is 0 Å². The van der Waals surface area contributed by atoms with Gasteiger partial charge in [-0.3, -0.25) is 9.59 Å². The van der Waals surface area contributed by atoms with Crippen LogP contribution in [0.15, 0.2) is 0 Å². The first-order chi connectivity index (χ1) is 12.0. The van der Waals surface area contributed by atoms with Crippen molar-refractivity contribution in [1.82, 2.24) is 0 Å². The van der Waals surface area contributed by atoms with Crippen molar-refractivity contribution in [2.24, 2.45) is 16.9 Å². The maximum absolute atomic E-state index is 10.7. The Bertz CT molecular complexity index is 329. The second-order valence-corrected chi connectivity index (χ2v) is 7.01. The number of hydrogen-bond donors (Lipinski definition) is 4. The predicted octanol–water partition coefficient (Wildman–Crippen LogP) is 3.52. The van der Waals surface area contributed by atoms with Crippen LogP contribution in [0.25, 0.3) is 0 Å². The third-order valence-corrected chi connectivity index (χ3v) is 4.93. The van der Waals surface area contributed by atoms with E-state index in [9.17, 15) is 9.59 Å². The molecule has 0 aromatic carbocycles. The predicted molar refractivity (Wildman–Crippen MR) is 100 cm³/mol. The number of carboxylic acids is 2. The molecule has 0 radical (unpaired) electrons. The molecule has 6 nitrogen and oxygen atoms in total. The highest BCUT2D eigenvalue weighted by Crippen LogP contribution is 2.36. The lowest BCUT2D eigenvalue weighted by Gasteiger charge is -2.28. The first-order valence-electron chi connectivity index (χ1n) is 9.88. The Hall–Kier alpha value is -1.14. The van der Waals surface area contributed by atoms with Gasteiger partial charge in [0.1, 0.15) is 0 Å². The van der Waals surface area contributed by atoms with E-state index in [0.717, 1.165) is 19.5 Å². The molecule has 1 aliphatic rings.